The zero-order chi connectivity index (χ0) is 11.4. The monoisotopic (exact) mass is 248 g/mol. The van der Waals surface area contributed by atoms with Crippen molar-refractivity contribution in [2.24, 2.45) is 0 Å². The summed E-state index contributed by atoms with van der Waals surface area (Å²) >= 11 is 0. The van der Waals surface area contributed by atoms with Gasteiger partial charge in [0.2, 0.25) is 17.8 Å². The third-order valence-corrected chi connectivity index (χ3v) is 0.687. The Morgan fingerprint density at radius 1 is 0.933 bits per heavy atom. The van der Waals surface area contributed by atoms with Crippen molar-refractivity contribution < 1.29 is 50.2 Å². The van der Waals surface area contributed by atoms with Crippen molar-refractivity contribution in [2.45, 2.75) is 0 Å². The SMILES string of the molecule is Nc1nc(N)nc(N)n1.O=P(O)(O)O.[H-].[Na+]. The quantitative estimate of drug-likeness (QED) is 0.191. The number of hydrogen-bond donors (Lipinski definition) is 6. The molecule has 10 nitrogen and oxygen atoms in total. The Labute approximate surface area is 108 Å². The molecule has 0 aliphatic rings. The van der Waals surface area contributed by atoms with Crippen molar-refractivity contribution >= 4 is 25.7 Å². The Hall–Kier alpha value is -0.480. The first-order valence-electron chi connectivity index (χ1n) is 2.99. The molecule has 0 spiro atoms. The number of rotatable bonds is 0. The minimum absolute atomic E-state index is 0. The van der Waals surface area contributed by atoms with Crippen LogP contribution in [0.5, 0.6) is 0 Å². The van der Waals surface area contributed by atoms with E-state index in [-0.39, 0.29) is 48.8 Å². The van der Waals surface area contributed by atoms with E-state index < -0.39 is 7.82 Å². The van der Waals surface area contributed by atoms with Crippen molar-refractivity contribution in [1.29, 1.82) is 0 Å². The van der Waals surface area contributed by atoms with E-state index in [1.54, 1.807) is 0 Å². The molecule has 0 atom stereocenters. The molecule has 1 aromatic heterocycles. The van der Waals surface area contributed by atoms with Crippen LogP contribution in [0, 0.1) is 0 Å². The Balaban J connectivity index is -0.000000214. The fourth-order valence-electron chi connectivity index (χ4n) is 0.427. The largest absolute Gasteiger partial charge is 1.00 e. The summed E-state index contributed by atoms with van der Waals surface area (Å²) in [5.74, 6) is 0.125. The average Bonchev–Trinajstić information content (AvgIpc) is 1.77. The first-order chi connectivity index (χ1) is 6.18. The molecule has 0 saturated heterocycles. The van der Waals surface area contributed by atoms with Crippen molar-refractivity contribution in [3.63, 3.8) is 0 Å². The summed E-state index contributed by atoms with van der Waals surface area (Å²) in [6.45, 7) is 0. The Kier molecular flexibility index (Phi) is 7.79. The van der Waals surface area contributed by atoms with Gasteiger partial charge in [-0.2, -0.15) is 15.0 Å². The second-order valence-corrected chi connectivity index (χ2v) is 2.95. The van der Waals surface area contributed by atoms with E-state index in [1.165, 1.54) is 0 Å². The van der Waals surface area contributed by atoms with E-state index >= 15 is 0 Å². The van der Waals surface area contributed by atoms with E-state index in [9.17, 15) is 0 Å². The van der Waals surface area contributed by atoms with Gasteiger partial charge in [0, 0.05) is 0 Å². The van der Waals surface area contributed by atoms with Crippen LogP contribution < -0.4 is 46.8 Å². The molecule has 0 aliphatic heterocycles. The maximum absolute atomic E-state index is 8.88. The second-order valence-electron chi connectivity index (χ2n) is 1.92. The van der Waals surface area contributed by atoms with Crippen molar-refractivity contribution in [3.05, 3.63) is 0 Å². The van der Waals surface area contributed by atoms with Gasteiger partial charge in [0.15, 0.2) is 0 Å². The molecule has 0 unspecified atom stereocenters. The zero-order valence-corrected chi connectivity index (χ0v) is 10.7. The molecule has 0 aliphatic carbocycles. The van der Waals surface area contributed by atoms with E-state index in [4.69, 9.17) is 36.4 Å². The van der Waals surface area contributed by atoms with Crippen LogP contribution in [-0.4, -0.2) is 29.6 Å². The van der Waals surface area contributed by atoms with Gasteiger partial charge in [0.05, 0.1) is 0 Å². The fraction of sp³-hybridized carbons (Fsp3) is 0. The van der Waals surface area contributed by atoms with Crippen molar-refractivity contribution in [3.8, 4) is 0 Å². The van der Waals surface area contributed by atoms with Gasteiger partial charge in [0.1, 0.15) is 0 Å². The summed E-state index contributed by atoms with van der Waals surface area (Å²) in [5, 5.41) is 0. The van der Waals surface area contributed by atoms with Crippen LogP contribution in [0.3, 0.4) is 0 Å². The van der Waals surface area contributed by atoms with Gasteiger partial charge in [-0.3, -0.25) is 0 Å². The van der Waals surface area contributed by atoms with E-state index in [2.05, 4.69) is 15.0 Å². The molecular weight excluding hydrogens is 238 g/mol. The number of nitrogen functional groups attached to an aromatic ring is 3. The predicted molar refractivity (Wildman–Crippen MR) is 48.4 cm³/mol. The molecule has 15 heavy (non-hydrogen) atoms. The van der Waals surface area contributed by atoms with Gasteiger partial charge in [-0.05, 0) is 0 Å². The average molecular weight is 248 g/mol. The van der Waals surface area contributed by atoms with E-state index in [0.29, 0.717) is 0 Å². The van der Waals surface area contributed by atoms with Crippen LogP contribution in [0.2, 0.25) is 0 Å². The molecule has 0 fully saturated rings. The molecule has 0 saturated carbocycles. The van der Waals surface area contributed by atoms with E-state index in [1.807, 2.05) is 0 Å². The molecule has 1 heterocycles. The van der Waals surface area contributed by atoms with Gasteiger partial charge in [0.25, 0.3) is 0 Å². The minimum Gasteiger partial charge on any atom is -1.00 e. The van der Waals surface area contributed by atoms with Crippen LogP contribution in [-0.2, 0) is 4.57 Å². The van der Waals surface area contributed by atoms with Crippen LogP contribution in [0.4, 0.5) is 17.8 Å². The maximum Gasteiger partial charge on any atom is 1.00 e. The minimum atomic E-state index is -4.64. The molecule has 12 heteroatoms. The van der Waals surface area contributed by atoms with Gasteiger partial charge in [-0.25, -0.2) is 4.57 Å². The molecule has 0 aromatic carbocycles. The molecule has 82 valence electrons. The number of phosphoric acid groups is 1. The topological polar surface area (TPSA) is 194 Å². The third-order valence-electron chi connectivity index (χ3n) is 0.687. The number of hydrogen-bond acceptors (Lipinski definition) is 7. The standard InChI is InChI=1S/C3H6N6.Na.H3O4P.H/c4-1-7-2(5)9-3(6)8-1;;1-5(2,3)4;/h(H6,4,5,6,7,8,9);;(H3,1,2,3,4);/q;+1;;-1. The normalized spacial score (nSPS) is 9.53. The number of nitrogens with zero attached hydrogens (tertiary/aromatic N) is 3. The summed E-state index contributed by atoms with van der Waals surface area (Å²) in [6, 6.07) is 0. The second kappa shape index (κ2) is 6.90. The van der Waals surface area contributed by atoms with E-state index in [0.717, 1.165) is 0 Å². The third kappa shape index (κ3) is 13.5. The van der Waals surface area contributed by atoms with Gasteiger partial charge >= 0.3 is 37.4 Å². The first kappa shape index (κ1) is 16.9. The maximum atomic E-state index is 8.88. The summed E-state index contributed by atoms with van der Waals surface area (Å²) in [5.41, 5.74) is 15.4. The molecule has 0 amide bonds. The smallest absolute Gasteiger partial charge is 1.00 e. The van der Waals surface area contributed by atoms with Crippen molar-refractivity contribution in [1.82, 2.24) is 15.0 Å². The Morgan fingerprint density at radius 2 is 1.07 bits per heavy atom. The molecule has 1 rings (SSSR count). The summed E-state index contributed by atoms with van der Waals surface area (Å²) < 4.78 is 8.88. The molecule has 9 N–H and O–H groups in total. The number of aromatic nitrogens is 3. The summed E-state index contributed by atoms with van der Waals surface area (Å²) in [7, 11) is -4.64. The van der Waals surface area contributed by atoms with Gasteiger partial charge < -0.3 is 33.3 Å². The van der Waals surface area contributed by atoms with Crippen LogP contribution in [0.25, 0.3) is 0 Å². The molecule has 0 bridgehead atoms. The van der Waals surface area contributed by atoms with Crippen LogP contribution >= 0.6 is 7.82 Å². The number of nitrogens with two attached hydrogens (primary N) is 3. The van der Waals surface area contributed by atoms with Crippen molar-refractivity contribution in [2.75, 3.05) is 17.2 Å². The molecule has 0 radical (unpaired) electrons. The van der Waals surface area contributed by atoms with Crippen LogP contribution in [0.15, 0.2) is 0 Å². The first-order valence-corrected chi connectivity index (χ1v) is 4.56. The Morgan fingerprint density at radius 3 is 1.20 bits per heavy atom. The Bertz CT molecular complexity index is 303. The fourth-order valence-corrected chi connectivity index (χ4v) is 0.427. The number of anilines is 3. The van der Waals surface area contributed by atoms with Gasteiger partial charge in [-0.15, -0.1) is 0 Å². The van der Waals surface area contributed by atoms with Crippen LogP contribution in [0.1, 0.15) is 1.43 Å². The summed E-state index contributed by atoms with van der Waals surface area (Å²) in [4.78, 5) is 32.0. The molecular formula is C3H10N6NaO4P. The predicted octanol–water partition coefficient (Wildman–Crippen LogP) is -5.19. The zero-order valence-electron chi connectivity index (χ0n) is 8.77. The summed E-state index contributed by atoms with van der Waals surface area (Å²) in [6.07, 6.45) is 0. The van der Waals surface area contributed by atoms with Gasteiger partial charge in [-0.1, -0.05) is 0 Å². The molecule has 1 aromatic rings.